The molecule has 5 rings (SSSR count). The zero-order chi connectivity index (χ0) is 28.1. The standard InChI is InChI=1S/C32H31F2N5O/c1-22(31(40)38-28-14-24(16-37-19-28)12-23-6-4-3-5-7-23)29-15-26(8-9-30(29)35-2)27-13-25(17-36-18-27)20-39-11-10-32(33,34)21-39/h3-9,13-19,35H,1,10-12,20-21H2,2H3,(H,38,40). The zero-order valence-corrected chi connectivity index (χ0v) is 22.3. The molecule has 2 aromatic heterocycles. The summed E-state index contributed by atoms with van der Waals surface area (Å²) in [6, 6.07) is 19.6. The number of halogens is 2. The van der Waals surface area contributed by atoms with Crippen LogP contribution in [0.5, 0.6) is 0 Å². The fraction of sp³-hybridized carbons (Fsp3) is 0.219. The molecule has 3 heterocycles. The minimum absolute atomic E-state index is 0.119. The Morgan fingerprint density at radius 3 is 2.48 bits per heavy atom. The first-order valence-electron chi connectivity index (χ1n) is 13.1. The van der Waals surface area contributed by atoms with E-state index in [0.717, 1.165) is 33.5 Å². The van der Waals surface area contributed by atoms with E-state index in [4.69, 9.17) is 0 Å². The number of alkyl halides is 2. The van der Waals surface area contributed by atoms with E-state index >= 15 is 0 Å². The summed E-state index contributed by atoms with van der Waals surface area (Å²) in [5.41, 5.74) is 6.96. The van der Waals surface area contributed by atoms with E-state index in [1.165, 1.54) is 0 Å². The Morgan fingerprint density at radius 2 is 1.73 bits per heavy atom. The van der Waals surface area contributed by atoms with Crippen LogP contribution in [0.1, 0.15) is 28.7 Å². The highest BCUT2D eigenvalue weighted by atomic mass is 19.3. The van der Waals surface area contributed by atoms with Crippen LogP contribution in [0.25, 0.3) is 16.7 Å². The van der Waals surface area contributed by atoms with Gasteiger partial charge in [0.1, 0.15) is 0 Å². The van der Waals surface area contributed by atoms with Gasteiger partial charge in [-0.05, 0) is 52.9 Å². The Balaban J connectivity index is 1.32. The smallest absolute Gasteiger partial charge is 0.261 e. The van der Waals surface area contributed by atoms with Gasteiger partial charge in [-0.1, -0.05) is 43.0 Å². The molecule has 2 aromatic carbocycles. The molecule has 0 saturated carbocycles. The number of anilines is 2. The number of hydrogen-bond donors (Lipinski definition) is 2. The normalized spacial score (nSPS) is 14.6. The van der Waals surface area contributed by atoms with Gasteiger partial charge >= 0.3 is 0 Å². The lowest BCUT2D eigenvalue weighted by molar-refractivity contribution is -0.111. The number of carbonyl (C=O) groups is 1. The van der Waals surface area contributed by atoms with Crippen LogP contribution in [-0.4, -0.2) is 46.8 Å². The van der Waals surface area contributed by atoms with Crippen LogP contribution < -0.4 is 10.6 Å². The van der Waals surface area contributed by atoms with Crippen molar-refractivity contribution in [1.82, 2.24) is 14.9 Å². The van der Waals surface area contributed by atoms with Crippen molar-refractivity contribution in [2.45, 2.75) is 25.3 Å². The van der Waals surface area contributed by atoms with Crippen molar-refractivity contribution in [3.8, 4) is 11.1 Å². The number of aromatic nitrogens is 2. The van der Waals surface area contributed by atoms with Crippen LogP contribution in [0.2, 0.25) is 0 Å². The lowest BCUT2D eigenvalue weighted by Gasteiger charge is -2.17. The van der Waals surface area contributed by atoms with Gasteiger partial charge in [-0.2, -0.15) is 0 Å². The third kappa shape index (κ3) is 6.58. The van der Waals surface area contributed by atoms with Crippen LogP contribution in [0.3, 0.4) is 0 Å². The average Bonchev–Trinajstić information content (AvgIpc) is 3.30. The maximum atomic E-state index is 13.6. The summed E-state index contributed by atoms with van der Waals surface area (Å²) >= 11 is 0. The lowest BCUT2D eigenvalue weighted by atomic mass is 9.97. The summed E-state index contributed by atoms with van der Waals surface area (Å²) in [5.74, 6) is -2.97. The summed E-state index contributed by atoms with van der Waals surface area (Å²) in [6.45, 7) is 4.62. The summed E-state index contributed by atoms with van der Waals surface area (Å²) in [6.07, 6.45) is 7.42. The van der Waals surface area contributed by atoms with Gasteiger partial charge in [0.15, 0.2) is 0 Å². The quantitative estimate of drug-likeness (QED) is 0.246. The van der Waals surface area contributed by atoms with Crippen molar-refractivity contribution < 1.29 is 13.6 Å². The number of pyridine rings is 2. The van der Waals surface area contributed by atoms with Gasteiger partial charge in [0, 0.05) is 67.5 Å². The van der Waals surface area contributed by atoms with Gasteiger partial charge in [-0.3, -0.25) is 19.7 Å². The Hall–Kier alpha value is -4.43. The number of amides is 1. The Bertz CT molecular complexity index is 1520. The summed E-state index contributed by atoms with van der Waals surface area (Å²) in [4.78, 5) is 23.6. The predicted octanol–water partition coefficient (Wildman–Crippen LogP) is 6.27. The van der Waals surface area contributed by atoms with E-state index in [1.807, 2.05) is 48.5 Å². The second-order valence-corrected chi connectivity index (χ2v) is 10.1. The van der Waals surface area contributed by atoms with Crippen LogP contribution in [0.15, 0.2) is 92.0 Å². The highest BCUT2D eigenvalue weighted by molar-refractivity contribution is 6.25. The van der Waals surface area contributed by atoms with Gasteiger partial charge < -0.3 is 10.6 Å². The predicted molar refractivity (Wildman–Crippen MR) is 155 cm³/mol. The Kier molecular flexibility index (Phi) is 7.98. The Morgan fingerprint density at radius 1 is 0.950 bits per heavy atom. The summed E-state index contributed by atoms with van der Waals surface area (Å²) in [5, 5.41) is 6.06. The molecule has 0 radical (unpaired) electrons. The summed E-state index contributed by atoms with van der Waals surface area (Å²) in [7, 11) is 1.79. The molecular formula is C32H31F2N5O. The highest BCUT2D eigenvalue weighted by Gasteiger charge is 2.37. The lowest BCUT2D eigenvalue weighted by Crippen LogP contribution is -2.24. The molecule has 1 fully saturated rings. The minimum atomic E-state index is -2.64. The first kappa shape index (κ1) is 27.1. The topological polar surface area (TPSA) is 70.2 Å². The van der Waals surface area contributed by atoms with Gasteiger partial charge in [0.05, 0.1) is 18.4 Å². The number of nitrogens with one attached hydrogen (secondary N) is 2. The number of rotatable bonds is 9. The van der Waals surface area contributed by atoms with Gasteiger partial charge in [-0.15, -0.1) is 0 Å². The molecule has 6 nitrogen and oxygen atoms in total. The minimum Gasteiger partial charge on any atom is -0.388 e. The molecule has 4 aromatic rings. The van der Waals surface area contributed by atoms with Crippen LogP contribution in [0, 0.1) is 0 Å². The number of benzene rings is 2. The van der Waals surface area contributed by atoms with E-state index in [9.17, 15) is 13.6 Å². The van der Waals surface area contributed by atoms with Gasteiger partial charge in [-0.25, -0.2) is 8.78 Å². The van der Waals surface area contributed by atoms with E-state index in [2.05, 4.69) is 39.3 Å². The molecule has 1 saturated heterocycles. The molecule has 1 aliphatic heterocycles. The molecule has 0 atom stereocenters. The van der Waals surface area contributed by atoms with Crippen molar-refractivity contribution >= 4 is 22.9 Å². The molecule has 0 aliphatic carbocycles. The van der Waals surface area contributed by atoms with Crippen LogP contribution >= 0.6 is 0 Å². The molecule has 0 unspecified atom stereocenters. The van der Waals surface area contributed by atoms with E-state index in [1.54, 1.807) is 36.7 Å². The van der Waals surface area contributed by atoms with Gasteiger partial charge in [0.2, 0.25) is 0 Å². The van der Waals surface area contributed by atoms with Gasteiger partial charge in [0.25, 0.3) is 11.8 Å². The fourth-order valence-electron chi connectivity index (χ4n) is 4.94. The number of hydrogen-bond acceptors (Lipinski definition) is 5. The molecule has 8 heteroatoms. The third-order valence-electron chi connectivity index (χ3n) is 6.98. The fourth-order valence-corrected chi connectivity index (χ4v) is 4.94. The Labute approximate surface area is 232 Å². The molecule has 204 valence electrons. The number of nitrogens with zero attached hydrogens (tertiary/aromatic N) is 3. The molecule has 1 aliphatic rings. The van der Waals surface area contributed by atoms with E-state index < -0.39 is 5.92 Å². The zero-order valence-electron chi connectivity index (χ0n) is 22.3. The number of likely N-dealkylation sites (tertiary alicyclic amines) is 1. The number of carbonyl (C=O) groups excluding carboxylic acids is 1. The third-order valence-corrected chi connectivity index (χ3v) is 6.98. The highest BCUT2D eigenvalue weighted by Crippen LogP contribution is 2.31. The maximum Gasteiger partial charge on any atom is 0.261 e. The maximum absolute atomic E-state index is 13.6. The molecule has 1 amide bonds. The molecule has 2 N–H and O–H groups in total. The van der Waals surface area contributed by atoms with Crippen molar-refractivity contribution in [2.24, 2.45) is 0 Å². The first-order chi connectivity index (χ1) is 19.3. The molecular weight excluding hydrogens is 508 g/mol. The second kappa shape index (κ2) is 11.8. The van der Waals surface area contributed by atoms with Crippen molar-refractivity contribution in [1.29, 1.82) is 0 Å². The van der Waals surface area contributed by atoms with Crippen molar-refractivity contribution in [3.63, 3.8) is 0 Å². The molecule has 40 heavy (non-hydrogen) atoms. The largest absolute Gasteiger partial charge is 0.388 e. The second-order valence-electron chi connectivity index (χ2n) is 10.1. The first-order valence-corrected chi connectivity index (χ1v) is 13.1. The monoisotopic (exact) mass is 539 g/mol. The van der Waals surface area contributed by atoms with E-state index in [-0.39, 0.29) is 18.9 Å². The molecule has 0 spiro atoms. The average molecular weight is 540 g/mol. The van der Waals surface area contributed by atoms with E-state index in [0.29, 0.717) is 36.3 Å². The SMILES string of the molecule is C=C(C(=O)Nc1cncc(Cc2ccccc2)c1)c1cc(-c2cncc(CN3CCC(F)(F)C3)c2)ccc1NC. The summed E-state index contributed by atoms with van der Waals surface area (Å²) < 4.78 is 27.3. The van der Waals surface area contributed by atoms with Crippen molar-refractivity contribution in [3.05, 3.63) is 114 Å². The molecule has 0 bridgehead atoms. The van der Waals surface area contributed by atoms with Crippen LogP contribution in [0.4, 0.5) is 20.2 Å². The van der Waals surface area contributed by atoms with Crippen LogP contribution in [-0.2, 0) is 17.8 Å². The van der Waals surface area contributed by atoms with Crippen molar-refractivity contribution in [2.75, 3.05) is 30.8 Å².